The topological polar surface area (TPSA) is 3.24 Å². The molecule has 1 nitrogen and oxygen atoms in total. The van der Waals surface area contributed by atoms with Gasteiger partial charge >= 0.3 is 0 Å². The molecule has 1 aliphatic heterocycles. The standard InChI is InChI=1S/C6H12FN/c1-2-8-4-6(3-7)5-8/h6H,2-5H2,1H3. The molecule has 0 aromatic rings. The summed E-state index contributed by atoms with van der Waals surface area (Å²) in [6, 6.07) is 0. The fourth-order valence-corrected chi connectivity index (χ4v) is 1.03. The molecule has 0 N–H and O–H groups in total. The molecule has 8 heavy (non-hydrogen) atoms. The van der Waals surface area contributed by atoms with Crippen molar-refractivity contribution in [1.29, 1.82) is 0 Å². The Kier molecular flexibility index (Phi) is 1.84. The molecule has 1 fully saturated rings. The van der Waals surface area contributed by atoms with Crippen LogP contribution in [-0.4, -0.2) is 31.2 Å². The van der Waals surface area contributed by atoms with Crippen LogP contribution in [0.5, 0.6) is 0 Å². The molecule has 1 heterocycles. The quantitative estimate of drug-likeness (QED) is 0.519. The maximum atomic E-state index is 11.7. The van der Waals surface area contributed by atoms with Crippen LogP contribution in [0.25, 0.3) is 0 Å². The van der Waals surface area contributed by atoms with E-state index in [9.17, 15) is 4.39 Å². The summed E-state index contributed by atoms with van der Waals surface area (Å²) in [7, 11) is 0. The highest BCUT2D eigenvalue weighted by Gasteiger charge is 2.24. The zero-order valence-corrected chi connectivity index (χ0v) is 5.23. The first-order valence-electron chi connectivity index (χ1n) is 3.15. The molecule has 0 amide bonds. The van der Waals surface area contributed by atoms with Crippen molar-refractivity contribution in [2.75, 3.05) is 26.3 Å². The van der Waals surface area contributed by atoms with E-state index in [1.807, 2.05) is 0 Å². The van der Waals surface area contributed by atoms with Crippen molar-refractivity contribution in [3.63, 3.8) is 0 Å². The summed E-state index contributed by atoms with van der Waals surface area (Å²) in [6.45, 7) is 5.02. The molecule has 0 aromatic carbocycles. The number of rotatable bonds is 2. The molecule has 0 aromatic heterocycles. The third kappa shape index (κ3) is 0.996. The molecular weight excluding hydrogens is 105 g/mol. The van der Waals surface area contributed by atoms with E-state index >= 15 is 0 Å². The summed E-state index contributed by atoms with van der Waals surface area (Å²) in [5.41, 5.74) is 0. The highest BCUT2D eigenvalue weighted by Crippen LogP contribution is 2.13. The van der Waals surface area contributed by atoms with Crippen molar-refractivity contribution >= 4 is 0 Å². The number of halogens is 1. The maximum Gasteiger partial charge on any atom is 0.0947 e. The summed E-state index contributed by atoms with van der Waals surface area (Å²) in [6.07, 6.45) is 0. The van der Waals surface area contributed by atoms with Gasteiger partial charge in [0.1, 0.15) is 0 Å². The van der Waals surface area contributed by atoms with Crippen LogP contribution >= 0.6 is 0 Å². The molecule has 0 aliphatic carbocycles. The van der Waals surface area contributed by atoms with Gasteiger partial charge in [-0.05, 0) is 6.54 Å². The van der Waals surface area contributed by atoms with Gasteiger partial charge in [0, 0.05) is 19.0 Å². The van der Waals surface area contributed by atoms with Crippen LogP contribution in [0.15, 0.2) is 0 Å². The van der Waals surface area contributed by atoms with Gasteiger partial charge in [0.25, 0.3) is 0 Å². The molecule has 0 bridgehead atoms. The summed E-state index contributed by atoms with van der Waals surface area (Å²) >= 11 is 0. The summed E-state index contributed by atoms with van der Waals surface area (Å²) in [5, 5.41) is 0. The Morgan fingerprint density at radius 2 is 2.25 bits per heavy atom. The van der Waals surface area contributed by atoms with Crippen molar-refractivity contribution in [2.45, 2.75) is 6.92 Å². The number of hydrogen-bond acceptors (Lipinski definition) is 1. The molecule has 2 heteroatoms. The lowest BCUT2D eigenvalue weighted by molar-refractivity contribution is 0.0871. The van der Waals surface area contributed by atoms with E-state index in [1.54, 1.807) is 0 Å². The highest BCUT2D eigenvalue weighted by molar-refractivity contribution is 4.77. The lowest BCUT2D eigenvalue weighted by Gasteiger charge is -2.36. The Bertz CT molecular complexity index is 60.9. The number of alkyl halides is 1. The molecule has 48 valence electrons. The van der Waals surface area contributed by atoms with Crippen molar-refractivity contribution in [3.8, 4) is 0 Å². The van der Waals surface area contributed by atoms with Crippen LogP contribution in [0.3, 0.4) is 0 Å². The molecule has 1 aliphatic rings. The van der Waals surface area contributed by atoms with Crippen LogP contribution in [0.1, 0.15) is 6.92 Å². The monoisotopic (exact) mass is 117 g/mol. The van der Waals surface area contributed by atoms with E-state index in [1.165, 1.54) is 0 Å². The first-order valence-corrected chi connectivity index (χ1v) is 3.15. The van der Waals surface area contributed by atoms with Gasteiger partial charge in [0.15, 0.2) is 0 Å². The van der Waals surface area contributed by atoms with Gasteiger partial charge < -0.3 is 4.90 Å². The SMILES string of the molecule is CCN1CC(CF)C1. The Labute approximate surface area is 49.5 Å². The average Bonchev–Trinajstić information content (AvgIpc) is 1.65. The fraction of sp³-hybridized carbons (Fsp3) is 1.00. The van der Waals surface area contributed by atoms with E-state index < -0.39 is 0 Å². The van der Waals surface area contributed by atoms with E-state index in [-0.39, 0.29) is 6.67 Å². The third-order valence-electron chi connectivity index (χ3n) is 1.70. The van der Waals surface area contributed by atoms with E-state index in [4.69, 9.17) is 0 Å². The first-order chi connectivity index (χ1) is 3.86. The van der Waals surface area contributed by atoms with Crippen molar-refractivity contribution in [2.24, 2.45) is 5.92 Å². The van der Waals surface area contributed by atoms with E-state index in [2.05, 4.69) is 11.8 Å². The van der Waals surface area contributed by atoms with Crippen molar-refractivity contribution < 1.29 is 4.39 Å². The van der Waals surface area contributed by atoms with Crippen molar-refractivity contribution in [3.05, 3.63) is 0 Å². The smallest absolute Gasteiger partial charge is 0.0947 e. The summed E-state index contributed by atoms with van der Waals surface area (Å²) in [4.78, 5) is 2.24. The minimum Gasteiger partial charge on any atom is -0.303 e. The summed E-state index contributed by atoms with van der Waals surface area (Å²) < 4.78 is 11.7. The second-order valence-electron chi connectivity index (χ2n) is 2.37. The Balaban J connectivity index is 2.03. The van der Waals surface area contributed by atoms with Crippen molar-refractivity contribution in [1.82, 2.24) is 4.90 Å². The third-order valence-corrected chi connectivity index (χ3v) is 1.70. The van der Waals surface area contributed by atoms with Crippen LogP contribution in [0.2, 0.25) is 0 Å². The predicted molar refractivity (Wildman–Crippen MR) is 31.6 cm³/mol. The highest BCUT2D eigenvalue weighted by atomic mass is 19.1. The minimum absolute atomic E-state index is 0.128. The molecule has 1 rings (SSSR count). The molecule has 0 radical (unpaired) electrons. The Morgan fingerprint density at radius 1 is 1.62 bits per heavy atom. The molecule has 1 saturated heterocycles. The number of nitrogens with zero attached hydrogens (tertiary/aromatic N) is 1. The zero-order chi connectivity index (χ0) is 5.98. The van der Waals surface area contributed by atoms with Gasteiger partial charge in [-0.15, -0.1) is 0 Å². The second-order valence-corrected chi connectivity index (χ2v) is 2.37. The number of hydrogen-bond donors (Lipinski definition) is 0. The van der Waals surface area contributed by atoms with Crippen LogP contribution in [-0.2, 0) is 0 Å². The molecule has 0 saturated carbocycles. The Morgan fingerprint density at radius 3 is 2.62 bits per heavy atom. The Hall–Kier alpha value is -0.110. The molecular formula is C6H12FN. The average molecular weight is 117 g/mol. The maximum absolute atomic E-state index is 11.7. The van der Waals surface area contributed by atoms with Gasteiger partial charge in [-0.3, -0.25) is 4.39 Å². The van der Waals surface area contributed by atoms with Crippen LogP contribution < -0.4 is 0 Å². The van der Waals surface area contributed by atoms with Crippen LogP contribution in [0, 0.1) is 5.92 Å². The zero-order valence-electron chi connectivity index (χ0n) is 5.23. The van der Waals surface area contributed by atoms with Crippen LogP contribution in [0.4, 0.5) is 4.39 Å². The van der Waals surface area contributed by atoms with E-state index in [0.717, 1.165) is 19.6 Å². The predicted octanol–water partition coefficient (Wildman–Crippen LogP) is 0.908. The largest absolute Gasteiger partial charge is 0.303 e. The van der Waals surface area contributed by atoms with Gasteiger partial charge in [-0.2, -0.15) is 0 Å². The van der Waals surface area contributed by atoms with Gasteiger partial charge in [-0.25, -0.2) is 0 Å². The molecule has 0 unspecified atom stereocenters. The first kappa shape index (κ1) is 6.02. The molecule has 0 spiro atoms. The fourth-order valence-electron chi connectivity index (χ4n) is 1.03. The minimum atomic E-state index is -0.128. The van der Waals surface area contributed by atoms with Gasteiger partial charge in [0.2, 0.25) is 0 Å². The van der Waals surface area contributed by atoms with Gasteiger partial charge in [0.05, 0.1) is 6.67 Å². The number of likely N-dealkylation sites (tertiary alicyclic amines) is 1. The molecule has 0 atom stereocenters. The second kappa shape index (κ2) is 2.44. The summed E-state index contributed by atoms with van der Waals surface area (Å²) in [5.74, 6) is 0.356. The lowest BCUT2D eigenvalue weighted by Crippen LogP contribution is -2.47. The van der Waals surface area contributed by atoms with E-state index in [0.29, 0.717) is 5.92 Å². The lowest BCUT2D eigenvalue weighted by atomic mass is 10.0. The van der Waals surface area contributed by atoms with Gasteiger partial charge in [-0.1, -0.05) is 6.92 Å². The normalized spacial score (nSPS) is 23.2.